The molecule has 0 saturated carbocycles. The number of rotatable bonds is 3. The van der Waals surface area contributed by atoms with E-state index in [9.17, 15) is 8.42 Å². The number of ether oxygens (including phenoxy) is 1. The van der Waals surface area contributed by atoms with E-state index in [-0.39, 0.29) is 16.9 Å². The smallest absolute Gasteiger partial charge is 0.246 e. The summed E-state index contributed by atoms with van der Waals surface area (Å²) in [7, 11) is -3.54. The Bertz CT molecular complexity index is 669. The van der Waals surface area contributed by atoms with Gasteiger partial charge in [-0.15, -0.1) is 0 Å². The highest BCUT2D eigenvalue weighted by Crippen LogP contribution is 2.38. The summed E-state index contributed by atoms with van der Waals surface area (Å²) in [6.07, 6.45) is 1.75. The molecule has 2 aliphatic heterocycles. The summed E-state index contributed by atoms with van der Waals surface area (Å²) in [5, 5.41) is 9.11. The Morgan fingerprint density at radius 1 is 1.25 bits per heavy atom. The summed E-state index contributed by atoms with van der Waals surface area (Å²) >= 11 is 0. The SMILES string of the molecule is CCN1CC2(CCN(CCO)CC2)COc2ccccc2S1(=O)=O. The molecule has 7 heteroatoms. The number of nitrogens with zero attached hydrogens (tertiary/aromatic N) is 2. The Labute approximate surface area is 144 Å². The Hall–Kier alpha value is -1.15. The molecular formula is C17H26N2O4S. The number of piperidine rings is 1. The lowest BCUT2D eigenvalue weighted by Crippen LogP contribution is -2.51. The number of hydrogen-bond donors (Lipinski definition) is 1. The summed E-state index contributed by atoms with van der Waals surface area (Å²) in [6, 6.07) is 6.90. The first-order valence-corrected chi connectivity index (χ1v) is 10.00. The molecule has 1 N–H and O–H groups in total. The second-order valence-corrected chi connectivity index (χ2v) is 8.64. The maximum Gasteiger partial charge on any atom is 0.246 e. The van der Waals surface area contributed by atoms with Crippen LogP contribution in [0.5, 0.6) is 5.75 Å². The highest BCUT2D eigenvalue weighted by atomic mass is 32.2. The third-order valence-electron chi connectivity index (χ3n) is 5.20. The Morgan fingerprint density at radius 2 is 1.96 bits per heavy atom. The number of likely N-dealkylation sites (tertiary alicyclic amines) is 1. The molecule has 3 rings (SSSR count). The summed E-state index contributed by atoms with van der Waals surface area (Å²) in [6.45, 7) is 5.93. The number of hydrogen-bond acceptors (Lipinski definition) is 5. The zero-order valence-corrected chi connectivity index (χ0v) is 15.0. The van der Waals surface area contributed by atoms with Crippen LogP contribution in [0.1, 0.15) is 19.8 Å². The first-order valence-electron chi connectivity index (χ1n) is 8.56. The lowest BCUT2D eigenvalue weighted by Gasteiger charge is -2.44. The number of para-hydroxylation sites is 1. The van der Waals surface area contributed by atoms with Gasteiger partial charge in [0.25, 0.3) is 0 Å². The molecule has 134 valence electrons. The van der Waals surface area contributed by atoms with Crippen molar-refractivity contribution in [3.8, 4) is 5.75 Å². The van der Waals surface area contributed by atoms with Crippen LogP contribution in [-0.4, -0.2) is 68.7 Å². The molecule has 1 saturated heterocycles. The average Bonchev–Trinajstić information content (AvgIpc) is 2.59. The van der Waals surface area contributed by atoms with Crippen molar-refractivity contribution >= 4 is 10.0 Å². The minimum absolute atomic E-state index is 0.159. The van der Waals surface area contributed by atoms with Crippen molar-refractivity contribution in [3.63, 3.8) is 0 Å². The normalized spacial score (nSPS) is 23.9. The number of sulfonamides is 1. The van der Waals surface area contributed by atoms with Crippen molar-refractivity contribution in [2.75, 3.05) is 45.9 Å². The second kappa shape index (κ2) is 7.00. The van der Waals surface area contributed by atoms with Crippen molar-refractivity contribution in [2.45, 2.75) is 24.7 Å². The predicted molar refractivity (Wildman–Crippen MR) is 91.6 cm³/mol. The number of benzene rings is 1. The van der Waals surface area contributed by atoms with Gasteiger partial charge in [0.2, 0.25) is 10.0 Å². The lowest BCUT2D eigenvalue weighted by molar-refractivity contribution is 0.0308. The largest absolute Gasteiger partial charge is 0.492 e. The van der Waals surface area contributed by atoms with Crippen LogP contribution in [0.3, 0.4) is 0 Å². The van der Waals surface area contributed by atoms with E-state index in [0.29, 0.717) is 32.0 Å². The summed E-state index contributed by atoms with van der Waals surface area (Å²) in [4.78, 5) is 2.49. The predicted octanol–water partition coefficient (Wildman–Crippen LogP) is 1.16. The third kappa shape index (κ3) is 3.31. The summed E-state index contributed by atoms with van der Waals surface area (Å²) in [5.41, 5.74) is -0.164. The van der Waals surface area contributed by atoms with Crippen LogP contribution >= 0.6 is 0 Å². The van der Waals surface area contributed by atoms with Crippen molar-refractivity contribution in [1.29, 1.82) is 0 Å². The first kappa shape index (κ1) is 17.7. The van der Waals surface area contributed by atoms with Crippen LogP contribution < -0.4 is 4.74 Å². The third-order valence-corrected chi connectivity index (χ3v) is 7.16. The van der Waals surface area contributed by atoms with Gasteiger partial charge in [-0.2, -0.15) is 4.31 Å². The molecule has 0 atom stereocenters. The molecule has 0 aromatic heterocycles. The fourth-order valence-electron chi connectivity index (χ4n) is 3.63. The average molecular weight is 354 g/mol. The Morgan fingerprint density at radius 3 is 2.62 bits per heavy atom. The quantitative estimate of drug-likeness (QED) is 0.882. The minimum Gasteiger partial charge on any atom is -0.492 e. The number of β-amino-alcohol motifs (C(OH)–C–C–N with tert-alkyl or cyclic N) is 1. The molecule has 1 fully saturated rings. The van der Waals surface area contributed by atoms with Crippen LogP contribution in [0.15, 0.2) is 29.2 Å². The molecule has 1 aromatic rings. The van der Waals surface area contributed by atoms with Gasteiger partial charge in [-0.3, -0.25) is 0 Å². The molecule has 0 unspecified atom stereocenters. The van der Waals surface area contributed by atoms with Crippen molar-refractivity contribution < 1.29 is 18.3 Å². The number of aliphatic hydroxyl groups excluding tert-OH is 1. The fraction of sp³-hybridized carbons (Fsp3) is 0.647. The van der Waals surface area contributed by atoms with E-state index in [4.69, 9.17) is 9.84 Å². The Balaban J connectivity index is 1.90. The molecule has 0 radical (unpaired) electrons. The zero-order chi connectivity index (χ0) is 17.2. The lowest BCUT2D eigenvalue weighted by atomic mass is 9.79. The van der Waals surface area contributed by atoms with Crippen LogP contribution in [0.25, 0.3) is 0 Å². The van der Waals surface area contributed by atoms with Crippen molar-refractivity contribution in [3.05, 3.63) is 24.3 Å². The maximum absolute atomic E-state index is 13.0. The molecule has 1 spiro atoms. The van der Waals surface area contributed by atoms with Gasteiger partial charge >= 0.3 is 0 Å². The van der Waals surface area contributed by atoms with E-state index in [1.54, 1.807) is 22.5 Å². The molecule has 1 aromatic carbocycles. The van der Waals surface area contributed by atoms with Gasteiger partial charge in [-0.1, -0.05) is 19.1 Å². The molecule has 6 nitrogen and oxygen atoms in total. The molecule has 2 aliphatic rings. The van der Waals surface area contributed by atoms with Crippen LogP contribution in [0.2, 0.25) is 0 Å². The van der Waals surface area contributed by atoms with Gasteiger partial charge in [0, 0.05) is 25.0 Å². The van der Waals surface area contributed by atoms with Crippen LogP contribution in [-0.2, 0) is 10.0 Å². The van der Waals surface area contributed by atoms with E-state index in [2.05, 4.69) is 4.90 Å². The monoisotopic (exact) mass is 354 g/mol. The highest BCUT2D eigenvalue weighted by Gasteiger charge is 2.42. The van der Waals surface area contributed by atoms with E-state index in [1.165, 1.54) is 0 Å². The van der Waals surface area contributed by atoms with Crippen LogP contribution in [0.4, 0.5) is 0 Å². The molecular weight excluding hydrogens is 328 g/mol. The zero-order valence-electron chi connectivity index (χ0n) is 14.1. The van der Waals surface area contributed by atoms with Crippen molar-refractivity contribution in [2.24, 2.45) is 5.41 Å². The Kier molecular flexibility index (Phi) is 5.15. The molecule has 0 aliphatic carbocycles. The number of aliphatic hydroxyl groups is 1. The van der Waals surface area contributed by atoms with Gasteiger partial charge < -0.3 is 14.7 Å². The van der Waals surface area contributed by atoms with Gasteiger partial charge in [0.05, 0.1) is 13.2 Å². The van der Waals surface area contributed by atoms with E-state index in [1.807, 2.05) is 13.0 Å². The van der Waals surface area contributed by atoms with E-state index < -0.39 is 10.0 Å². The van der Waals surface area contributed by atoms with Gasteiger partial charge in [-0.05, 0) is 38.1 Å². The van der Waals surface area contributed by atoms with Gasteiger partial charge in [0.1, 0.15) is 10.6 Å². The molecule has 2 heterocycles. The van der Waals surface area contributed by atoms with Gasteiger partial charge in [0.15, 0.2) is 0 Å². The summed E-state index contributed by atoms with van der Waals surface area (Å²) in [5.74, 6) is 0.452. The minimum atomic E-state index is -3.54. The van der Waals surface area contributed by atoms with Gasteiger partial charge in [-0.25, -0.2) is 8.42 Å². The fourth-order valence-corrected chi connectivity index (χ4v) is 5.33. The van der Waals surface area contributed by atoms with E-state index >= 15 is 0 Å². The molecule has 0 bridgehead atoms. The first-order chi connectivity index (χ1) is 11.5. The standard InChI is InChI=1S/C17H26N2O4S/c1-2-19-13-17(7-9-18(10-8-17)11-12-20)14-23-15-5-3-4-6-16(15)24(19,21)22/h3-6,20H,2,7-14H2,1H3. The van der Waals surface area contributed by atoms with Crippen LogP contribution in [0, 0.1) is 5.41 Å². The van der Waals surface area contributed by atoms with E-state index in [0.717, 1.165) is 25.9 Å². The molecule has 24 heavy (non-hydrogen) atoms. The highest BCUT2D eigenvalue weighted by molar-refractivity contribution is 7.89. The second-order valence-electron chi connectivity index (χ2n) is 6.73. The number of fused-ring (bicyclic) bond motifs is 1. The molecule has 0 amide bonds. The topological polar surface area (TPSA) is 70.1 Å². The maximum atomic E-state index is 13.0. The van der Waals surface area contributed by atoms with Crippen molar-refractivity contribution in [1.82, 2.24) is 9.21 Å². The summed E-state index contributed by atoms with van der Waals surface area (Å²) < 4.78 is 33.6.